The monoisotopic (exact) mass is 304 g/mol. The number of hydrogen-bond acceptors (Lipinski definition) is 2. The van der Waals surface area contributed by atoms with Gasteiger partial charge in [0.15, 0.2) is 0 Å². The molecule has 0 aliphatic heterocycles. The zero-order chi connectivity index (χ0) is 16.1. The van der Waals surface area contributed by atoms with Gasteiger partial charge in [0.2, 0.25) is 0 Å². The highest BCUT2D eigenvalue weighted by molar-refractivity contribution is 5.89. The first kappa shape index (κ1) is 14.7. The smallest absolute Gasteiger partial charge is 0.306 e. The van der Waals surface area contributed by atoms with Crippen LogP contribution in [-0.4, -0.2) is 15.8 Å². The van der Waals surface area contributed by atoms with Crippen molar-refractivity contribution < 1.29 is 4.79 Å². The van der Waals surface area contributed by atoms with E-state index in [-0.39, 0.29) is 0 Å². The van der Waals surface area contributed by atoms with Gasteiger partial charge in [0.25, 0.3) is 0 Å². The van der Waals surface area contributed by atoms with Crippen molar-refractivity contribution in [1.82, 2.24) is 9.78 Å². The van der Waals surface area contributed by atoms with Crippen LogP contribution in [0.3, 0.4) is 0 Å². The van der Waals surface area contributed by atoms with E-state index in [1.54, 1.807) is 23.1 Å². The third kappa shape index (κ3) is 3.91. The van der Waals surface area contributed by atoms with E-state index in [1.807, 2.05) is 61.5 Å². The van der Waals surface area contributed by atoms with Gasteiger partial charge in [0.05, 0.1) is 17.2 Å². The summed E-state index contributed by atoms with van der Waals surface area (Å²) in [6, 6.07) is 18.6. The lowest BCUT2D eigenvalue weighted by atomic mass is 10.2. The maximum Gasteiger partial charge on any atom is 0.345 e. The van der Waals surface area contributed by atoms with Gasteiger partial charge in [0, 0.05) is 11.9 Å². The Morgan fingerprint density at radius 2 is 1.78 bits per heavy atom. The summed E-state index contributed by atoms with van der Waals surface area (Å²) >= 11 is 0. The summed E-state index contributed by atoms with van der Waals surface area (Å²) in [6.07, 6.45) is 3.33. The van der Waals surface area contributed by atoms with Crippen LogP contribution in [0.1, 0.15) is 5.56 Å². The molecule has 0 unspecified atom stereocenters. The van der Waals surface area contributed by atoms with Crippen LogP contribution in [0.4, 0.5) is 10.5 Å². The fourth-order valence-corrected chi connectivity index (χ4v) is 2.06. The van der Waals surface area contributed by atoms with Crippen LogP contribution in [0.2, 0.25) is 0 Å². The van der Waals surface area contributed by atoms with Gasteiger partial charge in [-0.25, -0.2) is 9.48 Å². The topological polar surface area (TPSA) is 59.3 Å². The van der Waals surface area contributed by atoms with Crippen LogP contribution in [0.5, 0.6) is 0 Å². The number of anilines is 1. The highest BCUT2D eigenvalue weighted by Gasteiger charge is 1.99. The molecule has 114 valence electrons. The Balaban J connectivity index is 1.74. The van der Waals surface area contributed by atoms with Crippen molar-refractivity contribution in [2.24, 2.45) is 4.99 Å². The highest BCUT2D eigenvalue weighted by Crippen LogP contribution is 2.08. The molecule has 0 fully saturated rings. The number of carbonyl (C=O) groups excluding carboxylic acids is 1. The molecule has 3 aromatic rings. The van der Waals surface area contributed by atoms with E-state index in [0.29, 0.717) is 11.0 Å². The van der Waals surface area contributed by atoms with E-state index in [0.717, 1.165) is 11.3 Å². The minimum atomic E-state index is -0.423. The van der Waals surface area contributed by atoms with Crippen LogP contribution in [-0.2, 0) is 0 Å². The van der Waals surface area contributed by atoms with Crippen molar-refractivity contribution in [3.63, 3.8) is 0 Å². The maximum atomic E-state index is 11.9. The number of benzene rings is 2. The number of aryl methyl sites for hydroxylation is 1. The molecule has 0 bridgehead atoms. The second-order valence-electron chi connectivity index (χ2n) is 5.07. The average molecular weight is 304 g/mol. The second-order valence-corrected chi connectivity index (χ2v) is 5.07. The predicted molar refractivity (Wildman–Crippen MR) is 89.3 cm³/mol. The average Bonchev–Trinajstić information content (AvgIpc) is 2.58. The lowest BCUT2D eigenvalue weighted by Crippen LogP contribution is -2.14. The molecule has 0 radical (unpaired) electrons. The molecule has 0 saturated carbocycles. The van der Waals surface area contributed by atoms with Gasteiger partial charge in [-0.2, -0.15) is 10.1 Å². The fraction of sp³-hybridized carbons (Fsp3) is 0.0556. The summed E-state index contributed by atoms with van der Waals surface area (Å²) in [5.41, 5.74) is 2.80. The van der Waals surface area contributed by atoms with Gasteiger partial charge in [0.1, 0.15) is 0 Å². The minimum Gasteiger partial charge on any atom is -0.306 e. The first-order valence-corrected chi connectivity index (χ1v) is 7.23. The third-order valence-corrected chi connectivity index (χ3v) is 3.26. The Morgan fingerprint density at radius 3 is 2.43 bits per heavy atom. The zero-order valence-corrected chi connectivity index (χ0v) is 12.7. The maximum absolute atomic E-state index is 11.9. The van der Waals surface area contributed by atoms with E-state index in [9.17, 15) is 4.79 Å². The van der Waals surface area contributed by atoms with Crippen LogP contribution in [0, 0.1) is 6.92 Å². The van der Waals surface area contributed by atoms with Crippen molar-refractivity contribution in [2.45, 2.75) is 6.92 Å². The predicted octanol–water partition coefficient (Wildman–Crippen LogP) is 3.31. The molecule has 2 amide bonds. The summed E-state index contributed by atoms with van der Waals surface area (Å²) in [7, 11) is 0. The number of rotatable bonds is 2. The Bertz CT molecular complexity index is 847. The molecule has 0 saturated heterocycles. The second kappa shape index (κ2) is 6.70. The number of aromatic nitrogens is 2. The molecular formula is C18H16N4O. The molecule has 2 aromatic carbocycles. The molecule has 3 rings (SSSR count). The summed E-state index contributed by atoms with van der Waals surface area (Å²) in [4.78, 5) is 15.9. The van der Waals surface area contributed by atoms with E-state index >= 15 is 0 Å². The lowest BCUT2D eigenvalue weighted by molar-refractivity contribution is 0.259. The van der Waals surface area contributed by atoms with Gasteiger partial charge < -0.3 is 5.32 Å². The van der Waals surface area contributed by atoms with Gasteiger partial charge in [-0.1, -0.05) is 35.9 Å². The van der Waals surface area contributed by atoms with Crippen molar-refractivity contribution in [2.75, 3.05) is 5.32 Å². The van der Waals surface area contributed by atoms with Gasteiger partial charge in [-0.3, -0.25) is 0 Å². The summed E-state index contributed by atoms with van der Waals surface area (Å²) < 4.78 is 1.72. The number of amides is 2. The minimum absolute atomic E-state index is 0.423. The van der Waals surface area contributed by atoms with Crippen LogP contribution < -0.4 is 10.7 Å². The van der Waals surface area contributed by atoms with Crippen LogP contribution >= 0.6 is 0 Å². The standard InChI is InChI=1S/C18H16N4O/c1-14-7-9-15(10-8-14)20-18(23)21-16-11-12-22(19-13-16)17-5-3-2-4-6-17/h2-13H,1H3,(H,20,23). The van der Waals surface area contributed by atoms with Crippen molar-refractivity contribution in [3.8, 4) is 5.69 Å². The zero-order valence-electron chi connectivity index (χ0n) is 12.7. The normalized spacial score (nSPS) is 11.3. The largest absolute Gasteiger partial charge is 0.345 e. The number of nitrogens with zero attached hydrogens (tertiary/aromatic N) is 3. The van der Waals surface area contributed by atoms with Crippen molar-refractivity contribution in [3.05, 3.63) is 84.0 Å². The molecule has 1 aromatic heterocycles. The fourth-order valence-electron chi connectivity index (χ4n) is 2.06. The SMILES string of the molecule is Cc1ccc(NC(=O)N=c2ccn(-c3ccccc3)nc2)cc1. The quantitative estimate of drug-likeness (QED) is 0.789. The van der Waals surface area contributed by atoms with E-state index in [4.69, 9.17) is 0 Å². The number of para-hydroxylation sites is 1. The molecular weight excluding hydrogens is 288 g/mol. The van der Waals surface area contributed by atoms with E-state index in [1.165, 1.54) is 0 Å². The Hall–Kier alpha value is -3.21. The van der Waals surface area contributed by atoms with Crippen molar-refractivity contribution >= 4 is 11.7 Å². The molecule has 0 spiro atoms. The first-order chi connectivity index (χ1) is 11.2. The molecule has 0 atom stereocenters. The van der Waals surface area contributed by atoms with Gasteiger partial charge in [-0.15, -0.1) is 0 Å². The van der Waals surface area contributed by atoms with Gasteiger partial charge >= 0.3 is 6.03 Å². The number of urea groups is 1. The van der Waals surface area contributed by atoms with E-state index in [2.05, 4.69) is 15.4 Å². The molecule has 0 aliphatic rings. The van der Waals surface area contributed by atoms with Crippen molar-refractivity contribution in [1.29, 1.82) is 0 Å². The summed E-state index contributed by atoms with van der Waals surface area (Å²) in [6.45, 7) is 1.99. The molecule has 0 aliphatic carbocycles. The van der Waals surface area contributed by atoms with Crippen LogP contribution in [0.15, 0.2) is 78.0 Å². The summed E-state index contributed by atoms with van der Waals surface area (Å²) in [5, 5.41) is 7.49. The Kier molecular flexibility index (Phi) is 4.29. The Morgan fingerprint density at radius 1 is 1.04 bits per heavy atom. The number of nitrogens with one attached hydrogen (secondary N) is 1. The molecule has 5 nitrogen and oxygen atoms in total. The number of carbonyl (C=O) groups is 1. The molecule has 1 heterocycles. The molecule has 1 N–H and O–H groups in total. The third-order valence-electron chi connectivity index (χ3n) is 3.26. The van der Waals surface area contributed by atoms with Gasteiger partial charge in [-0.05, 0) is 37.3 Å². The molecule has 23 heavy (non-hydrogen) atoms. The highest BCUT2D eigenvalue weighted by atomic mass is 16.2. The number of hydrogen-bond donors (Lipinski definition) is 1. The first-order valence-electron chi connectivity index (χ1n) is 7.23. The van der Waals surface area contributed by atoms with Crippen LogP contribution in [0.25, 0.3) is 5.69 Å². The lowest BCUT2D eigenvalue weighted by Gasteiger charge is -2.04. The summed E-state index contributed by atoms with van der Waals surface area (Å²) in [5.74, 6) is 0. The Labute approximate surface area is 133 Å². The van der Waals surface area contributed by atoms with E-state index < -0.39 is 6.03 Å². The molecule has 5 heteroatoms.